The van der Waals surface area contributed by atoms with Crippen LogP contribution in [-0.4, -0.2) is 38.0 Å². The summed E-state index contributed by atoms with van der Waals surface area (Å²) in [5, 5.41) is 2.67. The van der Waals surface area contributed by atoms with Crippen molar-refractivity contribution in [2.45, 2.75) is 32.2 Å². The molecule has 0 aromatic carbocycles. The molecule has 3 heteroatoms. The third-order valence-corrected chi connectivity index (χ3v) is 2.00. The Kier molecular flexibility index (Phi) is 5.72. The molecule has 1 unspecified atom stereocenters. The zero-order valence-corrected chi connectivity index (χ0v) is 8.55. The van der Waals surface area contributed by atoms with E-state index in [4.69, 9.17) is 0 Å². The zero-order valence-electron chi connectivity index (χ0n) is 8.55. The molecule has 72 valence electrons. The van der Waals surface area contributed by atoms with Gasteiger partial charge in [0.2, 0.25) is 5.91 Å². The minimum Gasteiger partial charge on any atom is -0.358 e. The summed E-state index contributed by atoms with van der Waals surface area (Å²) in [6.07, 6.45) is 3.20. The first-order valence-electron chi connectivity index (χ1n) is 4.51. The van der Waals surface area contributed by atoms with E-state index in [1.807, 2.05) is 19.0 Å². The van der Waals surface area contributed by atoms with Crippen LogP contribution < -0.4 is 5.32 Å². The van der Waals surface area contributed by atoms with Crippen molar-refractivity contribution in [3.63, 3.8) is 0 Å². The standard InChI is InChI=1S/C9H20N2O/c1-5-6-7-8(11(3)4)9(12)10-2/h8H,5-7H2,1-4H3,(H,10,12)/i1+1,2+1. The van der Waals surface area contributed by atoms with E-state index < -0.39 is 0 Å². The second-order valence-electron chi connectivity index (χ2n) is 3.24. The van der Waals surface area contributed by atoms with Crippen molar-refractivity contribution in [3.8, 4) is 0 Å². The lowest BCUT2D eigenvalue weighted by molar-refractivity contribution is -0.125. The number of unbranched alkanes of at least 4 members (excludes halogenated alkanes) is 1. The average Bonchev–Trinajstić information content (AvgIpc) is 2.04. The Balaban J connectivity index is 3.95. The normalized spacial score (nSPS) is 13.1. The van der Waals surface area contributed by atoms with Crippen LogP contribution >= 0.6 is 0 Å². The zero-order chi connectivity index (χ0) is 9.56. The van der Waals surface area contributed by atoms with E-state index in [9.17, 15) is 4.79 Å². The van der Waals surface area contributed by atoms with Crippen LogP contribution in [0.4, 0.5) is 0 Å². The van der Waals surface area contributed by atoms with Crippen molar-refractivity contribution < 1.29 is 4.79 Å². The summed E-state index contributed by atoms with van der Waals surface area (Å²) < 4.78 is 0. The van der Waals surface area contributed by atoms with Crippen LogP contribution in [0.3, 0.4) is 0 Å². The highest BCUT2D eigenvalue weighted by Gasteiger charge is 2.17. The molecule has 0 saturated carbocycles. The fourth-order valence-electron chi connectivity index (χ4n) is 1.19. The van der Waals surface area contributed by atoms with E-state index >= 15 is 0 Å². The molecular weight excluding hydrogens is 154 g/mol. The molecule has 1 N–H and O–H groups in total. The van der Waals surface area contributed by atoms with E-state index in [1.165, 1.54) is 0 Å². The number of nitrogens with zero attached hydrogens (tertiary/aromatic N) is 1. The molecule has 0 radical (unpaired) electrons. The first-order chi connectivity index (χ1) is 5.63. The van der Waals surface area contributed by atoms with Crippen LogP contribution in [0.25, 0.3) is 0 Å². The lowest BCUT2D eigenvalue weighted by Crippen LogP contribution is -2.41. The number of carbonyl (C=O) groups is 1. The molecule has 0 aromatic rings. The van der Waals surface area contributed by atoms with Gasteiger partial charge in [0, 0.05) is 7.05 Å². The van der Waals surface area contributed by atoms with Crippen LogP contribution in [0.5, 0.6) is 0 Å². The Labute approximate surface area is 75.1 Å². The topological polar surface area (TPSA) is 32.3 Å². The van der Waals surface area contributed by atoms with E-state index in [1.54, 1.807) is 7.05 Å². The molecular formula is C9H20N2O. The molecule has 0 saturated heterocycles. The van der Waals surface area contributed by atoms with Crippen LogP contribution in [-0.2, 0) is 4.79 Å². The minimum absolute atomic E-state index is 0.0370. The summed E-state index contributed by atoms with van der Waals surface area (Å²) in [5.41, 5.74) is 0. The van der Waals surface area contributed by atoms with E-state index in [0.717, 1.165) is 19.3 Å². The third kappa shape index (κ3) is 3.72. The molecule has 12 heavy (non-hydrogen) atoms. The van der Waals surface area contributed by atoms with Gasteiger partial charge in [-0.2, -0.15) is 0 Å². The molecule has 0 spiro atoms. The SMILES string of the molecule is CN(C)C(CCC[13CH3])C(=O)N[13CH3]. The van der Waals surface area contributed by atoms with Gasteiger partial charge in [-0.1, -0.05) is 19.8 Å². The van der Waals surface area contributed by atoms with E-state index in [2.05, 4.69) is 12.2 Å². The molecule has 0 rings (SSSR count). The maximum atomic E-state index is 11.3. The first-order valence-corrected chi connectivity index (χ1v) is 4.51. The van der Waals surface area contributed by atoms with Crippen molar-refractivity contribution in [1.29, 1.82) is 0 Å². The Morgan fingerprint density at radius 2 is 2.08 bits per heavy atom. The molecule has 0 heterocycles. The smallest absolute Gasteiger partial charge is 0.237 e. The molecule has 0 aliphatic carbocycles. The predicted molar refractivity (Wildman–Crippen MR) is 51.1 cm³/mol. The predicted octanol–water partition coefficient (Wildman–Crippen LogP) is 0.853. The van der Waals surface area contributed by atoms with Gasteiger partial charge < -0.3 is 5.32 Å². The maximum absolute atomic E-state index is 11.3. The maximum Gasteiger partial charge on any atom is 0.237 e. The molecule has 0 aliphatic rings. The molecule has 1 amide bonds. The summed E-state index contributed by atoms with van der Waals surface area (Å²) in [7, 11) is 5.57. The molecule has 1 atom stereocenters. The highest BCUT2D eigenvalue weighted by Crippen LogP contribution is 2.05. The van der Waals surface area contributed by atoms with Gasteiger partial charge in [-0.3, -0.25) is 9.69 Å². The summed E-state index contributed by atoms with van der Waals surface area (Å²) in [6, 6.07) is 0.0370. The molecule has 0 bridgehead atoms. The van der Waals surface area contributed by atoms with Crippen molar-refractivity contribution in [2.24, 2.45) is 0 Å². The van der Waals surface area contributed by atoms with E-state index in [-0.39, 0.29) is 11.9 Å². The Hall–Kier alpha value is -0.570. The van der Waals surface area contributed by atoms with Gasteiger partial charge >= 0.3 is 0 Å². The van der Waals surface area contributed by atoms with Crippen LogP contribution in [0.1, 0.15) is 26.2 Å². The van der Waals surface area contributed by atoms with Gasteiger partial charge in [-0.05, 0) is 20.5 Å². The van der Waals surface area contributed by atoms with Crippen molar-refractivity contribution in [1.82, 2.24) is 10.2 Å². The van der Waals surface area contributed by atoms with Gasteiger partial charge in [0.05, 0.1) is 6.04 Å². The number of carbonyl (C=O) groups excluding carboxylic acids is 1. The van der Waals surface area contributed by atoms with Crippen molar-refractivity contribution in [2.75, 3.05) is 21.1 Å². The number of hydrogen-bond donors (Lipinski definition) is 1. The van der Waals surface area contributed by atoms with Gasteiger partial charge in [-0.15, -0.1) is 0 Å². The summed E-state index contributed by atoms with van der Waals surface area (Å²) in [4.78, 5) is 13.3. The van der Waals surface area contributed by atoms with E-state index in [0.29, 0.717) is 0 Å². The average molecular weight is 174 g/mol. The van der Waals surface area contributed by atoms with Gasteiger partial charge in [0.15, 0.2) is 0 Å². The third-order valence-electron chi connectivity index (χ3n) is 2.00. The van der Waals surface area contributed by atoms with Gasteiger partial charge in [-0.25, -0.2) is 0 Å². The van der Waals surface area contributed by atoms with Crippen molar-refractivity contribution >= 4 is 5.91 Å². The highest BCUT2D eigenvalue weighted by molar-refractivity contribution is 5.81. The monoisotopic (exact) mass is 174 g/mol. The summed E-state index contributed by atoms with van der Waals surface area (Å²) >= 11 is 0. The van der Waals surface area contributed by atoms with Gasteiger partial charge in [0.1, 0.15) is 0 Å². The number of rotatable bonds is 5. The second-order valence-corrected chi connectivity index (χ2v) is 3.24. The molecule has 3 nitrogen and oxygen atoms in total. The fraction of sp³-hybridized carbons (Fsp3) is 0.889. The summed E-state index contributed by atoms with van der Waals surface area (Å²) in [5.74, 6) is 0.119. The van der Waals surface area contributed by atoms with Crippen LogP contribution in [0, 0.1) is 0 Å². The first kappa shape index (κ1) is 11.4. The number of nitrogens with one attached hydrogen (secondary N) is 1. The van der Waals surface area contributed by atoms with Crippen molar-refractivity contribution in [3.05, 3.63) is 0 Å². The fourth-order valence-corrected chi connectivity index (χ4v) is 1.19. The number of amides is 1. The lowest BCUT2D eigenvalue weighted by Gasteiger charge is -2.22. The number of likely N-dealkylation sites (N-methyl/N-ethyl adjacent to an activating group) is 2. The lowest BCUT2D eigenvalue weighted by atomic mass is 10.1. The Morgan fingerprint density at radius 1 is 1.50 bits per heavy atom. The Morgan fingerprint density at radius 3 is 2.42 bits per heavy atom. The second kappa shape index (κ2) is 6.00. The van der Waals surface area contributed by atoms with Crippen LogP contribution in [0.15, 0.2) is 0 Å². The molecule has 0 aliphatic heterocycles. The largest absolute Gasteiger partial charge is 0.358 e. The molecule has 0 fully saturated rings. The quantitative estimate of drug-likeness (QED) is 0.627. The Bertz CT molecular complexity index is 134. The summed E-state index contributed by atoms with van der Waals surface area (Å²) in [6.45, 7) is 2.14. The molecule has 0 aromatic heterocycles. The van der Waals surface area contributed by atoms with Gasteiger partial charge in [0.25, 0.3) is 0 Å². The highest BCUT2D eigenvalue weighted by atomic mass is 16.2. The van der Waals surface area contributed by atoms with Crippen LogP contribution in [0.2, 0.25) is 0 Å². The number of hydrogen-bond acceptors (Lipinski definition) is 2. The minimum atomic E-state index is 0.0370.